The lowest BCUT2D eigenvalue weighted by Gasteiger charge is -2.37. The van der Waals surface area contributed by atoms with Crippen molar-refractivity contribution in [3.05, 3.63) is 71.3 Å². The van der Waals surface area contributed by atoms with E-state index in [1.165, 1.54) is 24.3 Å². The smallest absolute Gasteiger partial charge is 0.236 e. The third-order valence-electron chi connectivity index (χ3n) is 6.78. The van der Waals surface area contributed by atoms with Crippen molar-refractivity contribution in [1.82, 2.24) is 19.6 Å². The molecule has 0 bridgehead atoms. The van der Waals surface area contributed by atoms with E-state index in [0.717, 1.165) is 11.1 Å². The van der Waals surface area contributed by atoms with Gasteiger partial charge in [-0.15, -0.1) is 0 Å². The number of hydrogen-bond donors (Lipinski definition) is 0. The highest BCUT2D eigenvalue weighted by Gasteiger charge is 2.27. The minimum Gasteiger partial charge on any atom is -0.338 e. The molecule has 0 saturated carbocycles. The van der Waals surface area contributed by atoms with Crippen LogP contribution in [0.4, 0.5) is 8.78 Å². The minimum atomic E-state index is -0.279. The molecule has 6 nitrogen and oxygen atoms in total. The first-order valence-corrected chi connectivity index (χ1v) is 11.6. The second-order valence-electron chi connectivity index (χ2n) is 9.05. The Labute approximate surface area is 200 Å². The van der Waals surface area contributed by atoms with Crippen molar-refractivity contribution in [1.29, 1.82) is 0 Å². The Morgan fingerprint density at radius 3 is 1.29 bits per heavy atom. The van der Waals surface area contributed by atoms with Crippen LogP contribution in [0.15, 0.2) is 48.5 Å². The molecule has 1 aliphatic rings. The molecule has 2 unspecified atom stereocenters. The number of amides is 2. The maximum Gasteiger partial charge on any atom is 0.236 e. The number of nitrogens with zero attached hydrogens (tertiary/aromatic N) is 4. The van der Waals surface area contributed by atoms with Crippen molar-refractivity contribution in [2.75, 3.05) is 53.4 Å². The number of benzene rings is 2. The third kappa shape index (κ3) is 6.61. The SMILES string of the molecule is CC(c1ccc(F)cc1)N(C)CC(=O)N1CCN(C(=O)CN(C)C(C)c2ccc(F)cc2)CC1. The number of carbonyl (C=O) groups excluding carboxylic acids is 2. The highest BCUT2D eigenvalue weighted by Crippen LogP contribution is 2.20. The Morgan fingerprint density at radius 1 is 0.706 bits per heavy atom. The summed E-state index contributed by atoms with van der Waals surface area (Å²) in [5, 5.41) is 0. The van der Waals surface area contributed by atoms with Crippen LogP contribution in [-0.2, 0) is 9.59 Å². The topological polar surface area (TPSA) is 47.1 Å². The predicted molar refractivity (Wildman–Crippen MR) is 128 cm³/mol. The van der Waals surface area contributed by atoms with Gasteiger partial charge in [0.25, 0.3) is 0 Å². The first-order valence-electron chi connectivity index (χ1n) is 11.6. The molecule has 2 aromatic carbocycles. The fourth-order valence-corrected chi connectivity index (χ4v) is 4.10. The van der Waals surface area contributed by atoms with Crippen molar-refractivity contribution in [3.8, 4) is 0 Å². The van der Waals surface area contributed by atoms with Gasteiger partial charge in [-0.1, -0.05) is 24.3 Å². The number of hydrogen-bond acceptors (Lipinski definition) is 4. The van der Waals surface area contributed by atoms with Gasteiger partial charge in [0.05, 0.1) is 13.1 Å². The van der Waals surface area contributed by atoms with E-state index in [9.17, 15) is 18.4 Å². The summed E-state index contributed by atoms with van der Waals surface area (Å²) in [6, 6.07) is 12.6. The summed E-state index contributed by atoms with van der Waals surface area (Å²) in [5.41, 5.74) is 1.90. The first-order chi connectivity index (χ1) is 16.2. The summed E-state index contributed by atoms with van der Waals surface area (Å²) in [5.74, 6) is -0.521. The zero-order chi connectivity index (χ0) is 24.8. The van der Waals surface area contributed by atoms with Gasteiger partial charge in [0.1, 0.15) is 11.6 Å². The molecule has 1 saturated heterocycles. The second-order valence-corrected chi connectivity index (χ2v) is 9.05. The average molecular weight is 473 g/mol. The van der Waals surface area contributed by atoms with Gasteiger partial charge in [-0.2, -0.15) is 0 Å². The Morgan fingerprint density at radius 2 is 1.00 bits per heavy atom. The highest BCUT2D eigenvalue weighted by molar-refractivity contribution is 5.80. The molecule has 1 heterocycles. The number of likely N-dealkylation sites (N-methyl/N-ethyl adjacent to an activating group) is 2. The van der Waals surface area contributed by atoms with E-state index >= 15 is 0 Å². The van der Waals surface area contributed by atoms with Gasteiger partial charge in [0, 0.05) is 38.3 Å². The van der Waals surface area contributed by atoms with Crippen LogP contribution < -0.4 is 0 Å². The van der Waals surface area contributed by atoms with Crippen molar-refractivity contribution in [3.63, 3.8) is 0 Å². The number of halogens is 2. The summed E-state index contributed by atoms with van der Waals surface area (Å²) < 4.78 is 26.4. The summed E-state index contributed by atoms with van der Waals surface area (Å²) in [7, 11) is 3.76. The Bertz CT molecular complexity index is 880. The fraction of sp³-hybridized carbons (Fsp3) is 0.462. The Balaban J connectivity index is 1.45. The van der Waals surface area contributed by atoms with Crippen LogP contribution in [0, 0.1) is 11.6 Å². The van der Waals surface area contributed by atoms with E-state index in [1.807, 2.05) is 37.7 Å². The van der Waals surface area contributed by atoms with Crippen molar-refractivity contribution < 1.29 is 18.4 Å². The number of piperazine rings is 1. The van der Waals surface area contributed by atoms with E-state index in [-0.39, 0.29) is 48.6 Å². The van der Waals surface area contributed by atoms with Crippen LogP contribution in [-0.4, -0.2) is 84.8 Å². The molecule has 0 aliphatic carbocycles. The molecule has 0 spiro atoms. The second kappa shape index (κ2) is 11.5. The average Bonchev–Trinajstić information content (AvgIpc) is 2.84. The molecule has 34 heavy (non-hydrogen) atoms. The zero-order valence-corrected chi connectivity index (χ0v) is 20.4. The largest absolute Gasteiger partial charge is 0.338 e. The molecule has 0 N–H and O–H groups in total. The van der Waals surface area contributed by atoms with Gasteiger partial charge < -0.3 is 9.80 Å². The van der Waals surface area contributed by atoms with Gasteiger partial charge in [-0.3, -0.25) is 19.4 Å². The summed E-state index contributed by atoms with van der Waals surface area (Å²) >= 11 is 0. The van der Waals surface area contributed by atoms with E-state index in [4.69, 9.17) is 0 Å². The van der Waals surface area contributed by atoms with Gasteiger partial charge in [-0.05, 0) is 63.3 Å². The third-order valence-corrected chi connectivity index (χ3v) is 6.78. The lowest BCUT2D eigenvalue weighted by Crippen LogP contribution is -2.54. The normalized spacial score (nSPS) is 16.1. The molecule has 3 rings (SSSR count). The van der Waals surface area contributed by atoms with Crippen LogP contribution >= 0.6 is 0 Å². The lowest BCUT2D eigenvalue weighted by atomic mass is 10.1. The standard InChI is InChI=1S/C26H34F2N4O2/c1-19(21-5-9-23(27)10-6-21)29(3)17-25(33)31-13-15-32(16-14-31)26(34)18-30(4)20(2)22-7-11-24(28)12-8-22/h5-12,19-20H,13-18H2,1-4H3. The molecule has 1 fully saturated rings. The summed E-state index contributed by atoms with van der Waals surface area (Å²) in [6.07, 6.45) is 0. The minimum absolute atomic E-state index is 0.0191. The zero-order valence-electron chi connectivity index (χ0n) is 20.4. The quantitative estimate of drug-likeness (QED) is 0.592. The van der Waals surface area contributed by atoms with Crippen LogP contribution in [0.5, 0.6) is 0 Å². The van der Waals surface area contributed by atoms with Crippen molar-refractivity contribution >= 4 is 11.8 Å². The summed E-state index contributed by atoms with van der Waals surface area (Å²) in [6.45, 7) is 6.48. The fourth-order valence-electron chi connectivity index (χ4n) is 4.10. The molecule has 2 atom stereocenters. The molecule has 1 aliphatic heterocycles. The number of carbonyl (C=O) groups is 2. The van der Waals surface area contributed by atoms with Gasteiger partial charge in [0.2, 0.25) is 11.8 Å². The lowest BCUT2D eigenvalue weighted by molar-refractivity contribution is -0.141. The van der Waals surface area contributed by atoms with Gasteiger partial charge in [-0.25, -0.2) is 8.78 Å². The summed E-state index contributed by atoms with van der Waals surface area (Å²) in [4.78, 5) is 33.1. The molecular weight excluding hydrogens is 438 g/mol. The molecular formula is C26H34F2N4O2. The molecule has 8 heteroatoms. The van der Waals surface area contributed by atoms with E-state index in [2.05, 4.69) is 0 Å². The van der Waals surface area contributed by atoms with Crippen molar-refractivity contribution in [2.45, 2.75) is 25.9 Å². The van der Waals surface area contributed by atoms with Gasteiger partial charge >= 0.3 is 0 Å². The molecule has 184 valence electrons. The molecule has 0 aromatic heterocycles. The van der Waals surface area contributed by atoms with Crippen LogP contribution in [0.2, 0.25) is 0 Å². The molecule has 2 aromatic rings. The monoisotopic (exact) mass is 472 g/mol. The van der Waals surface area contributed by atoms with Crippen LogP contribution in [0.25, 0.3) is 0 Å². The number of rotatable bonds is 8. The highest BCUT2D eigenvalue weighted by atomic mass is 19.1. The maximum absolute atomic E-state index is 13.2. The maximum atomic E-state index is 13.2. The van der Waals surface area contributed by atoms with E-state index < -0.39 is 0 Å². The molecule has 0 radical (unpaired) electrons. The van der Waals surface area contributed by atoms with Gasteiger partial charge in [0.15, 0.2) is 0 Å². The Hall–Kier alpha value is -2.84. The molecule has 2 amide bonds. The van der Waals surface area contributed by atoms with E-state index in [1.54, 1.807) is 34.1 Å². The Kier molecular flexibility index (Phi) is 8.74. The van der Waals surface area contributed by atoms with Crippen LogP contribution in [0.3, 0.4) is 0 Å². The van der Waals surface area contributed by atoms with Crippen LogP contribution in [0.1, 0.15) is 37.1 Å². The van der Waals surface area contributed by atoms with Crippen molar-refractivity contribution in [2.24, 2.45) is 0 Å². The first kappa shape index (κ1) is 25.8. The van der Waals surface area contributed by atoms with E-state index in [0.29, 0.717) is 26.2 Å². The predicted octanol–water partition coefficient (Wildman–Crippen LogP) is 3.32.